The van der Waals surface area contributed by atoms with Gasteiger partial charge in [-0.1, -0.05) is 12.5 Å². The van der Waals surface area contributed by atoms with Crippen LogP contribution in [0.2, 0.25) is 0 Å². The topological polar surface area (TPSA) is 30.5 Å². The third-order valence-electron chi connectivity index (χ3n) is 4.50. The zero-order valence-corrected chi connectivity index (χ0v) is 12.7. The van der Waals surface area contributed by atoms with Crippen molar-refractivity contribution >= 4 is 0 Å². The fourth-order valence-corrected chi connectivity index (χ4v) is 3.05. The molecule has 1 aliphatic carbocycles. The van der Waals surface area contributed by atoms with E-state index in [9.17, 15) is 0 Å². The number of benzene rings is 1. The van der Waals surface area contributed by atoms with Gasteiger partial charge in [-0.25, -0.2) is 0 Å². The first kappa shape index (κ1) is 13.7. The summed E-state index contributed by atoms with van der Waals surface area (Å²) in [6.45, 7) is 5.13. The highest BCUT2D eigenvalue weighted by atomic mass is 16.5. The first-order valence-corrected chi connectivity index (χ1v) is 7.70. The van der Waals surface area contributed by atoms with Crippen molar-refractivity contribution in [3.8, 4) is 11.5 Å². The van der Waals surface area contributed by atoms with E-state index in [1.165, 1.54) is 24.8 Å². The first-order chi connectivity index (χ1) is 9.57. The van der Waals surface area contributed by atoms with Crippen LogP contribution >= 0.6 is 0 Å². The van der Waals surface area contributed by atoms with E-state index in [2.05, 4.69) is 37.4 Å². The summed E-state index contributed by atoms with van der Waals surface area (Å²) in [7, 11) is 2.01. The lowest BCUT2D eigenvalue weighted by Crippen LogP contribution is -2.38. The van der Waals surface area contributed by atoms with Crippen molar-refractivity contribution in [3.05, 3.63) is 23.8 Å². The van der Waals surface area contributed by atoms with E-state index in [0.29, 0.717) is 6.04 Å². The second-order valence-electron chi connectivity index (χ2n) is 6.71. The Morgan fingerprint density at radius 2 is 2.15 bits per heavy atom. The Kier molecular flexibility index (Phi) is 3.63. The molecule has 1 aromatic rings. The zero-order valence-electron chi connectivity index (χ0n) is 12.7. The van der Waals surface area contributed by atoms with E-state index in [1.807, 2.05) is 7.05 Å². The van der Waals surface area contributed by atoms with Gasteiger partial charge in [-0.15, -0.1) is 0 Å². The highest BCUT2D eigenvalue weighted by molar-refractivity contribution is 5.44. The summed E-state index contributed by atoms with van der Waals surface area (Å²) in [6, 6.07) is 6.62. The van der Waals surface area contributed by atoms with E-state index in [-0.39, 0.29) is 5.60 Å². The summed E-state index contributed by atoms with van der Waals surface area (Å²) < 4.78 is 12.0. The average Bonchev–Trinajstić information content (AvgIpc) is 2.34. The van der Waals surface area contributed by atoms with Crippen molar-refractivity contribution in [2.24, 2.45) is 5.92 Å². The summed E-state index contributed by atoms with van der Waals surface area (Å²) in [5, 5.41) is 3.38. The Labute approximate surface area is 121 Å². The summed E-state index contributed by atoms with van der Waals surface area (Å²) in [4.78, 5) is 0. The molecule has 2 aliphatic rings. The lowest BCUT2D eigenvalue weighted by atomic mass is 9.86. The number of fused-ring (bicyclic) bond motifs is 1. The van der Waals surface area contributed by atoms with Gasteiger partial charge in [0.2, 0.25) is 0 Å². The van der Waals surface area contributed by atoms with Gasteiger partial charge in [-0.05, 0) is 45.7 Å². The minimum Gasteiger partial charge on any atom is -0.493 e. The molecule has 0 bridgehead atoms. The fourth-order valence-electron chi connectivity index (χ4n) is 3.05. The van der Waals surface area contributed by atoms with Gasteiger partial charge < -0.3 is 14.8 Å². The van der Waals surface area contributed by atoms with Crippen molar-refractivity contribution in [3.63, 3.8) is 0 Å². The lowest BCUT2D eigenvalue weighted by molar-refractivity contribution is 0.0669. The molecule has 3 nitrogen and oxygen atoms in total. The summed E-state index contributed by atoms with van der Waals surface area (Å²) in [5.74, 6) is 2.66. The van der Waals surface area contributed by atoms with Crippen LogP contribution in [0, 0.1) is 5.92 Å². The molecule has 3 rings (SSSR count). The molecule has 1 unspecified atom stereocenters. The average molecular weight is 275 g/mol. The van der Waals surface area contributed by atoms with Crippen LogP contribution in [-0.4, -0.2) is 19.3 Å². The molecule has 1 aromatic carbocycles. The van der Waals surface area contributed by atoms with Crippen LogP contribution in [0.5, 0.6) is 11.5 Å². The standard InChI is InChI=1S/C17H25NO2/c1-17(2)10-15(18-3)14-8-7-13(9-16(14)20-17)19-11-12-5-4-6-12/h7-9,12,15,18H,4-6,10-11H2,1-3H3. The molecule has 1 N–H and O–H groups in total. The number of ether oxygens (including phenoxy) is 2. The predicted molar refractivity (Wildman–Crippen MR) is 80.4 cm³/mol. The van der Waals surface area contributed by atoms with E-state index >= 15 is 0 Å². The van der Waals surface area contributed by atoms with Gasteiger partial charge in [0.05, 0.1) is 6.61 Å². The van der Waals surface area contributed by atoms with E-state index in [1.54, 1.807) is 0 Å². The second-order valence-corrected chi connectivity index (χ2v) is 6.71. The number of rotatable bonds is 4. The zero-order chi connectivity index (χ0) is 14.2. The second kappa shape index (κ2) is 5.28. The lowest BCUT2D eigenvalue weighted by Gasteiger charge is -2.37. The Balaban J connectivity index is 1.76. The summed E-state index contributed by atoms with van der Waals surface area (Å²) in [6.07, 6.45) is 4.98. The molecular weight excluding hydrogens is 250 g/mol. The maximum atomic E-state index is 6.12. The van der Waals surface area contributed by atoms with Gasteiger partial charge in [0.1, 0.15) is 17.1 Å². The van der Waals surface area contributed by atoms with Gasteiger partial charge in [-0.3, -0.25) is 0 Å². The smallest absolute Gasteiger partial charge is 0.128 e. The Bertz CT molecular complexity index is 480. The van der Waals surface area contributed by atoms with Crippen molar-refractivity contribution in [2.45, 2.75) is 51.2 Å². The normalized spacial score (nSPS) is 24.4. The van der Waals surface area contributed by atoms with Crippen LogP contribution < -0.4 is 14.8 Å². The molecule has 0 saturated heterocycles. The Morgan fingerprint density at radius 3 is 2.80 bits per heavy atom. The van der Waals surface area contributed by atoms with Gasteiger partial charge in [0, 0.05) is 24.1 Å². The molecule has 0 radical (unpaired) electrons. The third-order valence-corrected chi connectivity index (χ3v) is 4.50. The SMILES string of the molecule is CNC1CC(C)(C)Oc2cc(OCC3CCC3)ccc21. The van der Waals surface area contributed by atoms with Crippen LogP contribution in [-0.2, 0) is 0 Å². The predicted octanol–water partition coefficient (Wildman–Crippen LogP) is 3.69. The van der Waals surface area contributed by atoms with Gasteiger partial charge in [0.15, 0.2) is 0 Å². The highest BCUT2D eigenvalue weighted by Crippen LogP contribution is 2.41. The van der Waals surface area contributed by atoms with Crippen molar-refractivity contribution < 1.29 is 9.47 Å². The van der Waals surface area contributed by atoms with Crippen LogP contribution in [0.4, 0.5) is 0 Å². The molecule has 1 heterocycles. The van der Waals surface area contributed by atoms with Crippen LogP contribution in [0.3, 0.4) is 0 Å². The maximum absolute atomic E-state index is 6.12. The largest absolute Gasteiger partial charge is 0.493 e. The first-order valence-electron chi connectivity index (χ1n) is 7.70. The van der Waals surface area contributed by atoms with Crippen molar-refractivity contribution in [1.29, 1.82) is 0 Å². The number of hydrogen-bond donors (Lipinski definition) is 1. The summed E-state index contributed by atoms with van der Waals surface area (Å²) in [5.41, 5.74) is 1.11. The molecule has 110 valence electrons. The molecule has 0 aromatic heterocycles. The monoisotopic (exact) mass is 275 g/mol. The minimum absolute atomic E-state index is 0.132. The fraction of sp³-hybridized carbons (Fsp3) is 0.647. The molecule has 0 spiro atoms. The van der Waals surface area contributed by atoms with Crippen LogP contribution in [0.25, 0.3) is 0 Å². The molecule has 20 heavy (non-hydrogen) atoms. The molecular formula is C17H25NO2. The van der Waals surface area contributed by atoms with E-state index < -0.39 is 0 Å². The van der Waals surface area contributed by atoms with Crippen LogP contribution in [0.15, 0.2) is 18.2 Å². The number of nitrogens with one attached hydrogen (secondary N) is 1. The Hall–Kier alpha value is -1.22. The van der Waals surface area contributed by atoms with Gasteiger partial charge >= 0.3 is 0 Å². The molecule has 1 atom stereocenters. The minimum atomic E-state index is -0.132. The molecule has 1 aliphatic heterocycles. The van der Waals surface area contributed by atoms with Crippen molar-refractivity contribution in [1.82, 2.24) is 5.32 Å². The molecule has 3 heteroatoms. The van der Waals surface area contributed by atoms with Gasteiger partial charge in [0.25, 0.3) is 0 Å². The van der Waals surface area contributed by atoms with E-state index in [4.69, 9.17) is 9.47 Å². The quantitative estimate of drug-likeness (QED) is 0.909. The van der Waals surface area contributed by atoms with Gasteiger partial charge in [-0.2, -0.15) is 0 Å². The molecule has 1 saturated carbocycles. The van der Waals surface area contributed by atoms with Crippen molar-refractivity contribution in [2.75, 3.05) is 13.7 Å². The third kappa shape index (κ3) is 2.78. The molecule has 0 amide bonds. The Morgan fingerprint density at radius 1 is 1.35 bits per heavy atom. The molecule has 1 fully saturated rings. The maximum Gasteiger partial charge on any atom is 0.128 e. The summed E-state index contributed by atoms with van der Waals surface area (Å²) >= 11 is 0. The number of hydrogen-bond acceptors (Lipinski definition) is 3. The van der Waals surface area contributed by atoms with Crippen LogP contribution in [0.1, 0.15) is 51.1 Å². The van der Waals surface area contributed by atoms with E-state index in [0.717, 1.165) is 30.4 Å². The highest BCUT2D eigenvalue weighted by Gasteiger charge is 2.33.